The first-order valence-electron chi connectivity index (χ1n) is 11.9. The Labute approximate surface area is 189 Å². The number of benzene rings is 2. The number of carbonyl (C=O) groups excluding carboxylic acids is 2. The lowest BCUT2D eigenvalue weighted by Crippen LogP contribution is -2.51. The number of esters is 2. The van der Waals surface area contributed by atoms with E-state index in [4.69, 9.17) is 9.47 Å². The lowest BCUT2D eigenvalue weighted by Gasteiger charge is -2.47. The fourth-order valence-corrected chi connectivity index (χ4v) is 8.29. The number of ether oxygens (including phenoxy) is 2. The van der Waals surface area contributed by atoms with Gasteiger partial charge in [-0.05, 0) is 72.6 Å². The predicted octanol–water partition coefficient (Wildman–Crippen LogP) is 5.53. The lowest BCUT2D eigenvalue weighted by molar-refractivity contribution is -0.105. The summed E-state index contributed by atoms with van der Waals surface area (Å²) >= 11 is 0. The second-order valence-corrected chi connectivity index (χ2v) is 11.1. The van der Waals surface area contributed by atoms with E-state index in [-0.39, 0.29) is 36.0 Å². The van der Waals surface area contributed by atoms with Gasteiger partial charge in [-0.25, -0.2) is 9.59 Å². The topological polar surface area (TPSA) is 52.6 Å². The van der Waals surface area contributed by atoms with Crippen molar-refractivity contribution in [3.63, 3.8) is 0 Å². The van der Waals surface area contributed by atoms with Gasteiger partial charge in [0.05, 0.1) is 11.1 Å². The van der Waals surface area contributed by atoms with Gasteiger partial charge in [0.2, 0.25) is 0 Å². The van der Waals surface area contributed by atoms with Crippen LogP contribution in [0.1, 0.15) is 60.2 Å². The summed E-state index contributed by atoms with van der Waals surface area (Å²) in [4.78, 5) is 26.0. The van der Waals surface area contributed by atoms with Crippen molar-refractivity contribution in [3.05, 3.63) is 71.8 Å². The van der Waals surface area contributed by atoms with E-state index < -0.39 is 0 Å². The van der Waals surface area contributed by atoms with Crippen LogP contribution in [0.25, 0.3) is 0 Å². The Balaban J connectivity index is 1.32. The molecule has 2 aromatic carbocycles. The van der Waals surface area contributed by atoms with Crippen molar-refractivity contribution < 1.29 is 19.1 Å². The minimum Gasteiger partial charge on any atom is -0.455 e. The summed E-state index contributed by atoms with van der Waals surface area (Å²) in [6.07, 6.45) is 3.98. The Bertz CT molecular complexity index is 966. The summed E-state index contributed by atoms with van der Waals surface area (Å²) in [5.41, 5.74) is 1.71. The molecule has 0 N–H and O–H groups in total. The van der Waals surface area contributed by atoms with Crippen LogP contribution in [0.15, 0.2) is 60.7 Å². The van der Waals surface area contributed by atoms with Crippen molar-refractivity contribution in [1.82, 2.24) is 0 Å². The van der Waals surface area contributed by atoms with Gasteiger partial charge < -0.3 is 9.47 Å². The Kier molecular flexibility index (Phi) is 4.34. The molecule has 4 saturated carbocycles. The first-order valence-corrected chi connectivity index (χ1v) is 11.9. The summed E-state index contributed by atoms with van der Waals surface area (Å²) in [6, 6.07) is 18.3. The van der Waals surface area contributed by atoms with E-state index in [1.54, 1.807) is 24.3 Å². The zero-order chi connectivity index (χ0) is 22.1. The Morgan fingerprint density at radius 3 is 1.53 bits per heavy atom. The molecular weight excluding hydrogens is 400 g/mol. The third kappa shape index (κ3) is 2.81. The molecule has 4 aliphatic rings. The molecule has 32 heavy (non-hydrogen) atoms. The van der Waals surface area contributed by atoms with E-state index in [0.717, 1.165) is 6.42 Å². The third-order valence-corrected chi connectivity index (χ3v) is 9.21. The van der Waals surface area contributed by atoms with E-state index >= 15 is 0 Å². The molecule has 4 bridgehead atoms. The van der Waals surface area contributed by atoms with Crippen LogP contribution in [0, 0.1) is 34.5 Å². The maximum atomic E-state index is 13.0. The number of carbonyl (C=O) groups is 2. The average molecular weight is 431 g/mol. The van der Waals surface area contributed by atoms with Crippen LogP contribution in [0.5, 0.6) is 0 Å². The summed E-state index contributed by atoms with van der Waals surface area (Å²) in [6.45, 7) is 4.87. The predicted molar refractivity (Wildman–Crippen MR) is 120 cm³/mol. The highest BCUT2D eigenvalue weighted by Crippen LogP contribution is 2.77. The molecule has 0 aromatic heterocycles. The van der Waals surface area contributed by atoms with Gasteiger partial charge in [-0.1, -0.05) is 50.2 Å². The van der Waals surface area contributed by atoms with E-state index in [1.807, 2.05) is 36.4 Å². The first-order chi connectivity index (χ1) is 15.4. The highest BCUT2D eigenvalue weighted by Gasteiger charge is 2.74. The minimum atomic E-state index is -0.374. The molecule has 166 valence electrons. The molecule has 8 atom stereocenters. The van der Waals surface area contributed by atoms with Crippen LogP contribution in [-0.2, 0) is 9.47 Å². The summed E-state index contributed by atoms with van der Waals surface area (Å²) in [7, 11) is 0. The molecule has 0 amide bonds. The number of hydrogen-bond acceptors (Lipinski definition) is 4. The largest absolute Gasteiger partial charge is 0.455 e. The number of fused-ring (bicyclic) bond motifs is 9. The molecule has 4 fully saturated rings. The van der Waals surface area contributed by atoms with Crippen molar-refractivity contribution >= 4 is 11.9 Å². The van der Waals surface area contributed by atoms with Crippen molar-refractivity contribution in [2.45, 2.75) is 51.7 Å². The van der Waals surface area contributed by atoms with Crippen LogP contribution in [0.3, 0.4) is 0 Å². The molecule has 0 saturated heterocycles. The molecule has 4 heteroatoms. The maximum absolute atomic E-state index is 13.0. The van der Waals surface area contributed by atoms with Crippen molar-refractivity contribution in [1.29, 1.82) is 0 Å². The van der Waals surface area contributed by atoms with Crippen LogP contribution < -0.4 is 0 Å². The van der Waals surface area contributed by atoms with Crippen LogP contribution in [-0.4, -0.2) is 24.1 Å². The van der Waals surface area contributed by atoms with E-state index in [0.29, 0.717) is 33.8 Å². The van der Waals surface area contributed by atoms with E-state index in [1.165, 1.54) is 19.3 Å². The van der Waals surface area contributed by atoms with Gasteiger partial charge in [-0.2, -0.15) is 0 Å². The first kappa shape index (κ1) is 20.0. The molecule has 0 spiro atoms. The molecule has 2 aromatic rings. The standard InChI is InChI=1S/C28H30O4/c1-27-13-14-28(2,16-27)22-20-15-19(21(22)27)23(31-25(29)17-9-5-3-6-10-17)24(20)32-26(30)18-11-7-4-8-12-18/h3-12,19-24H,13-16H2,1-2H3. The van der Waals surface area contributed by atoms with Crippen LogP contribution in [0.2, 0.25) is 0 Å². The number of rotatable bonds is 4. The summed E-state index contributed by atoms with van der Waals surface area (Å²) < 4.78 is 12.3. The molecule has 4 nitrogen and oxygen atoms in total. The highest BCUT2D eigenvalue weighted by molar-refractivity contribution is 5.90. The molecular formula is C28H30O4. The smallest absolute Gasteiger partial charge is 0.338 e. The van der Waals surface area contributed by atoms with Gasteiger partial charge in [0.25, 0.3) is 0 Å². The number of hydrogen-bond donors (Lipinski definition) is 0. The van der Waals surface area contributed by atoms with Gasteiger partial charge in [0, 0.05) is 11.8 Å². The van der Waals surface area contributed by atoms with Gasteiger partial charge in [0.15, 0.2) is 0 Å². The lowest BCUT2D eigenvalue weighted by atomic mass is 9.61. The second-order valence-electron chi connectivity index (χ2n) is 11.1. The van der Waals surface area contributed by atoms with Gasteiger partial charge in [-0.3, -0.25) is 0 Å². The minimum absolute atomic E-state index is 0.262. The normalized spacial score (nSPS) is 40.8. The van der Waals surface area contributed by atoms with Crippen LogP contribution in [0.4, 0.5) is 0 Å². The van der Waals surface area contributed by atoms with Gasteiger partial charge >= 0.3 is 11.9 Å². The summed E-state index contributed by atoms with van der Waals surface area (Å²) in [5, 5.41) is 0. The van der Waals surface area contributed by atoms with Gasteiger partial charge in [0.1, 0.15) is 12.2 Å². The molecule has 0 heterocycles. The molecule has 8 unspecified atom stereocenters. The van der Waals surface area contributed by atoms with Crippen LogP contribution >= 0.6 is 0 Å². The fraction of sp³-hybridized carbons (Fsp3) is 0.500. The van der Waals surface area contributed by atoms with Crippen molar-refractivity contribution in [3.8, 4) is 0 Å². The highest BCUT2D eigenvalue weighted by atomic mass is 16.6. The van der Waals surface area contributed by atoms with Gasteiger partial charge in [-0.15, -0.1) is 0 Å². The van der Waals surface area contributed by atoms with Crippen molar-refractivity contribution in [2.24, 2.45) is 34.5 Å². The second kappa shape index (κ2) is 6.94. The Hall–Kier alpha value is -2.62. The fourth-order valence-electron chi connectivity index (χ4n) is 8.29. The van der Waals surface area contributed by atoms with E-state index in [2.05, 4.69) is 13.8 Å². The maximum Gasteiger partial charge on any atom is 0.338 e. The summed E-state index contributed by atoms with van der Waals surface area (Å²) in [5.74, 6) is 0.981. The van der Waals surface area contributed by atoms with Crippen molar-refractivity contribution in [2.75, 3.05) is 0 Å². The Morgan fingerprint density at radius 2 is 1.12 bits per heavy atom. The Morgan fingerprint density at radius 1 is 0.719 bits per heavy atom. The molecule has 6 rings (SSSR count). The third-order valence-electron chi connectivity index (χ3n) is 9.21. The van der Waals surface area contributed by atoms with E-state index in [9.17, 15) is 9.59 Å². The SMILES string of the molecule is CC12CCC(C)(C1)C1C3CC(C(OC(=O)c4ccccc4)C3OC(=O)c3ccccc3)C12. The molecule has 0 radical (unpaired) electrons. The molecule has 0 aliphatic heterocycles. The zero-order valence-electron chi connectivity index (χ0n) is 18.7. The quantitative estimate of drug-likeness (QED) is 0.473. The molecule has 4 aliphatic carbocycles. The monoisotopic (exact) mass is 430 g/mol. The zero-order valence-corrected chi connectivity index (χ0v) is 18.7. The average Bonchev–Trinajstić information content (AvgIpc) is 3.51.